The lowest BCUT2D eigenvalue weighted by Crippen LogP contribution is -2.48. The molecule has 2 amide bonds. The molecule has 0 spiro atoms. The molecule has 0 aliphatic carbocycles. The third-order valence-corrected chi connectivity index (χ3v) is 7.81. The number of piperidine rings is 1. The number of rotatable bonds is 7. The molecule has 1 saturated heterocycles. The van der Waals surface area contributed by atoms with Crippen molar-refractivity contribution in [3.63, 3.8) is 0 Å². The molecule has 1 unspecified atom stereocenters. The smallest absolute Gasteiger partial charge is 0.256 e. The summed E-state index contributed by atoms with van der Waals surface area (Å²) in [4.78, 5) is 30.6. The lowest BCUT2D eigenvalue weighted by atomic mass is 9.84. The van der Waals surface area contributed by atoms with E-state index < -0.39 is 0 Å². The number of aromatic nitrogens is 2. The molecule has 2 aromatic heterocycles. The number of hydrogen-bond donors (Lipinski definition) is 0. The summed E-state index contributed by atoms with van der Waals surface area (Å²) < 4.78 is 1.74. The van der Waals surface area contributed by atoms with Gasteiger partial charge in [-0.25, -0.2) is 4.68 Å². The Kier molecular flexibility index (Phi) is 7.28. The van der Waals surface area contributed by atoms with Gasteiger partial charge in [0, 0.05) is 44.0 Å². The van der Waals surface area contributed by atoms with Crippen molar-refractivity contribution in [2.75, 3.05) is 20.1 Å². The number of amides is 2. The molecule has 2 aromatic carbocycles. The van der Waals surface area contributed by atoms with Gasteiger partial charge in [0.05, 0.1) is 16.8 Å². The van der Waals surface area contributed by atoms with Crippen molar-refractivity contribution in [3.8, 4) is 5.69 Å². The van der Waals surface area contributed by atoms with Gasteiger partial charge in [0.2, 0.25) is 0 Å². The van der Waals surface area contributed by atoms with Crippen molar-refractivity contribution in [2.45, 2.75) is 25.3 Å². The fourth-order valence-electron chi connectivity index (χ4n) is 5.14. The Hall–Kier alpha value is -3.71. The fraction of sp³-hybridized carbons (Fsp3) is 0.276. The van der Waals surface area contributed by atoms with Crippen molar-refractivity contribution in [3.05, 3.63) is 107 Å². The molecule has 36 heavy (non-hydrogen) atoms. The standard InChI is InChI=1S/C29H30N4O2S/c1-31(28(34)24-14-19-36-21-24)27(20-22-8-3-2-4-9-22)23-12-17-32(18-13-23)29(35)25-10-5-6-11-26(25)33-16-7-15-30-33/h2-11,14-16,19,21,23,27H,12-13,17-18,20H2,1H3. The van der Waals surface area contributed by atoms with E-state index in [-0.39, 0.29) is 17.9 Å². The van der Waals surface area contributed by atoms with Gasteiger partial charge in [-0.3, -0.25) is 9.59 Å². The quantitative estimate of drug-likeness (QED) is 0.353. The predicted molar refractivity (Wildman–Crippen MR) is 143 cm³/mol. The first kappa shape index (κ1) is 24.0. The second-order valence-corrected chi connectivity index (χ2v) is 10.1. The Morgan fingerprint density at radius 2 is 1.78 bits per heavy atom. The van der Waals surface area contributed by atoms with Crippen LogP contribution in [0, 0.1) is 5.92 Å². The van der Waals surface area contributed by atoms with Gasteiger partial charge in [-0.15, -0.1) is 0 Å². The zero-order chi connectivity index (χ0) is 24.9. The van der Waals surface area contributed by atoms with Crippen LogP contribution >= 0.6 is 11.3 Å². The lowest BCUT2D eigenvalue weighted by Gasteiger charge is -2.40. The molecule has 1 atom stereocenters. The lowest BCUT2D eigenvalue weighted by molar-refractivity contribution is 0.0522. The van der Waals surface area contributed by atoms with E-state index in [0.717, 1.165) is 30.5 Å². The molecule has 184 valence electrons. The number of carbonyl (C=O) groups is 2. The highest BCUT2D eigenvalue weighted by Crippen LogP contribution is 2.29. The second kappa shape index (κ2) is 10.9. The normalized spacial score (nSPS) is 15.0. The van der Waals surface area contributed by atoms with Gasteiger partial charge in [0.1, 0.15) is 0 Å². The molecule has 0 bridgehead atoms. The third kappa shape index (κ3) is 5.11. The van der Waals surface area contributed by atoms with Crippen LogP contribution in [0.5, 0.6) is 0 Å². The summed E-state index contributed by atoms with van der Waals surface area (Å²) in [5.41, 5.74) is 3.41. The molecule has 0 N–H and O–H groups in total. The molecule has 1 fully saturated rings. The Balaban J connectivity index is 1.32. The molecule has 1 aliphatic heterocycles. The molecular weight excluding hydrogens is 468 g/mol. The molecule has 0 radical (unpaired) electrons. The van der Waals surface area contributed by atoms with Crippen molar-refractivity contribution < 1.29 is 9.59 Å². The molecule has 4 aromatic rings. The van der Waals surface area contributed by atoms with Crippen LogP contribution in [0.25, 0.3) is 5.69 Å². The number of para-hydroxylation sites is 1. The second-order valence-electron chi connectivity index (χ2n) is 9.28. The first-order chi connectivity index (χ1) is 17.6. The fourth-order valence-corrected chi connectivity index (χ4v) is 5.77. The Bertz CT molecular complexity index is 1280. The number of benzene rings is 2. The Labute approximate surface area is 215 Å². The number of carbonyl (C=O) groups excluding carboxylic acids is 2. The Morgan fingerprint density at radius 3 is 2.47 bits per heavy atom. The molecule has 5 rings (SSSR count). The van der Waals surface area contributed by atoms with Gasteiger partial charge in [-0.05, 0) is 60.4 Å². The van der Waals surface area contributed by atoms with Gasteiger partial charge >= 0.3 is 0 Å². The predicted octanol–water partition coefficient (Wildman–Crippen LogP) is 5.17. The van der Waals surface area contributed by atoms with Gasteiger partial charge in [0.25, 0.3) is 11.8 Å². The summed E-state index contributed by atoms with van der Waals surface area (Å²) in [6, 6.07) is 21.8. The SMILES string of the molecule is CN(C(=O)c1ccsc1)C(Cc1ccccc1)C1CCN(C(=O)c2ccccc2-n2cccn2)CC1. The van der Waals surface area contributed by atoms with Crippen molar-refractivity contribution in [2.24, 2.45) is 5.92 Å². The maximum atomic E-state index is 13.5. The highest BCUT2D eigenvalue weighted by Gasteiger charge is 2.33. The van der Waals surface area contributed by atoms with Crippen LogP contribution in [0.1, 0.15) is 39.1 Å². The molecule has 6 nitrogen and oxygen atoms in total. The summed E-state index contributed by atoms with van der Waals surface area (Å²) in [5.74, 6) is 0.397. The molecule has 7 heteroatoms. The highest BCUT2D eigenvalue weighted by atomic mass is 32.1. The zero-order valence-corrected chi connectivity index (χ0v) is 21.2. The van der Waals surface area contributed by atoms with Crippen LogP contribution in [-0.2, 0) is 6.42 Å². The largest absolute Gasteiger partial charge is 0.339 e. The molecule has 0 saturated carbocycles. The maximum absolute atomic E-state index is 13.5. The highest BCUT2D eigenvalue weighted by molar-refractivity contribution is 7.08. The summed E-state index contributed by atoms with van der Waals surface area (Å²) in [6.07, 6.45) is 6.08. The number of hydrogen-bond acceptors (Lipinski definition) is 4. The van der Waals surface area contributed by atoms with Crippen LogP contribution in [-0.4, -0.2) is 57.6 Å². The number of thiophene rings is 1. The average Bonchev–Trinajstić information content (AvgIpc) is 3.66. The van der Waals surface area contributed by atoms with Crippen LogP contribution in [0.15, 0.2) is 89.9 Å². The van der Waals surface area contributed by atoms with Crippen LogP contribution in [0.4, 0.5) is 0 Å². The van der Waals surface area contributed by atoms with E-state index in [9.17, 15) is 9.59 Å². The summed E-state index contributed by atoms with van der Waals surface area (Å²) in [7, 11) is 1.92. The minimum Gasteiger partial charge on any atom is -0.339 e. The minimum absolute atomic E-state index is 0.0295. The number of nitrogens with zero attached hydrogens (tertiary/aromatic N) is 4. The maximum Gasteiger partial charge on any atom is 0.256 e. The number of likely N-dealkylation sites (N-methyl/N-ethyl adjacent to an activating group) is 1. The van der Waals surface area contributed by atoms with Gasteiger partial charge < -0.3 is 9.80 Å². The Morgan fingerprint density at radius 1 is 1.03 bits per heavy atom. The van der Waals surface area contributed by atoms with E-state index in [1.54, 1.807) is 22.2 Å². The zero-order valence-electron chi connectivity index (χ0n) is 20.4. The van der Waals surface area contributed by atoms with Crippen LogP contribution in [0.3, 0.4) is 0 Å². The first-order valence-corrected chi connectivity index (χ1v) is 13.3. The van der Waals surface area contributed by atoms with Crippen molar-refractivity contribution in [1.82, 2.24) is 19.6 Å². The first-order valence-electron chi connectivity index (χ1n) is 12.3. The summed E-state index contributed by atoms with van der Waals surface area (Å²) in [5, 5.41) is 8.17. The van der Waals surface area contributed by atoms with Crippen molar-refractivity contribution >= 4 is 23.2 Å². The molecule has 3 heterocycles. The van der Waals surface area contributed by atoms with E-state index in [1.165, 1.54) is 5.56 Å². The van der Waals surface area contributed by atoms with Gasteiger partial charge in [-0.2, -0.15) is 16.4 Å². The van der Waals surface area contributed by atoms with E-state index in [0.29, 0.717) is 24.6 Å². The van der Waals surface area contributed by atoms with E-state index in [1.807, 2.05) is 88.4 Å². The van der Waals surface area contributed by atoms with E-state index >= 15 is 0 Å². The summed E-state index contributed by atoms with van der Waals surface area (Å²) in [6.45, 7) is 1.34. The third-order valence-electron chi connectivity index (χ3n) is 7.13. The van der Waals surface area contributed by atoms with E-state index in [2.05, 4.69) is 17.2 Å². The van der Waals surface area contributed by atoms with Crippen LogP contribution < -0.4 is 0 Å². The summed E-state index contributed by atoms with van der Waals surface area (Å²) >= 11 is 1.54. The van der Waals surface area contributed by atoms with E-state index in [4.69, 9.17) is 0 Å². The molecule has 1 aliphatic rings. The van der Waals surface area contributed by atoms with Crippen LogP contribution in [0.2, 0.25) is 0 Å². The number of likely N-dealkylation sites (tertiary alicyclic amines) is 1. The monoisotopic (exact) mass is 498 g/mol. The average molecular weight is 499 g/mol. The minimum atomic E-state index is 0.0295. The van der Waals surface area contributed by atoms with Gasteiger partial charge in [0.15, 0.2) is 0 Å². The van der Waals surface area contributed by atoms with Gasteiger partial charge in [-0.1, -0.05) is 42.5 Å². The topological polar surface area (TPSA) is 58.4 Å². The molecular formula is C29H30N4O2S. The van der Waals surface area contributed by atoms with Crippen molar-refractivity contribution in [1.29, 1.82) is 0 Å².